The molecule has 2 N–H and O–H groups in total. The van der Waals surface area contributed by atoms with Crippen LogP contribution in [0.1, 0.15) is 32.3 Å². The molecule has 1 rings (SSSR count). The summed E-state index contributed by atoms with van der Waals surface area (Å²) in [7, 11) is 0. The van der Waals surface area contributed by atoms with Gasteiger partial charge in [0, 0.05) is 12.3 Å². The number of H-pyrrole nitrogens is 1. The Morgan fingerprint density at radius 2 is 2.31 bits per heavy atom. The summed E-state index contributed by atoms with van der Waals surface area (Å²) in [5.74, 6) is 1.19. The van der Waals surface area contributed by atoms with E-state index in [0.29, 0.717) is 12.4 Å². The molecule has 4 nitrogen and oxygen atoms in total. The van der Waals surface area contributed by atoms with Crippen molar-refractivity contribution in [3.63, 3.8) is 0 Å². The van der Waals surface area contributed by atoms with Crippen LogP contribution in [0.3, 0.4) is 0 Å². The number of alkyl halides is 1. The highest BCUT2D eigenvalue weighted by atomic mass is 35.5. The average Bonchev–Trinajstić information content (AvgIpc) is 2.73. The first kappa shape index (κ1) is 13.0. The Labute approximate surface area is 101 Å². The minimum atomic E-state index is -0.533. The lowest BCUT2D eigenvalue weighted by molar-refractivity contribution is -0.128. The minimum Gasteiger partial charge on any atom is -0.350 e. The predicted octanol–water partition coefficient (Wildman–Crippen LogP) is 1.85. The zero-order valence-corrected chi connectivity index (χ0v) is 10.7. The molecule has 0 aliphatic carbocycles. The van der Waals surface area contributed by atoms with Gasteiger partial charge in [0.15, 0.2) is 0 Å². The molecule has 16 heavy (non-hydrogen) atoms. The fourth-order valence-corrected chi connectivity index (χ4v) is 1.27. The molecule has 0 unspecified atom stereocenters. The Kier molecular flexibility index (Phi) is 4.35. The second kappa shape index (κ2) is 5.34. The van der Waals surface area contributed by atoms with E-state index in [-0.39, 0.29) is 5.91 Å². The van der Waals surface area contributed by atoms with Crippen molar-refractivity contribution in [1.29, 1.82) is 0 Å². The first-order valence-electron chi connectivity index (χ1n) is 5.36. The van der Waals surface area contributed by atoms with Crippen molar-refractivity contribution in [2.75, 3.05) is 5.88 Å². The van der Waals surface area contributed by atoms with E-state index in [4.69, 9.17) is 11.6 Å². The van der Waals surface area contributed by atoms with Crippen LogP contribution in [0.15, 0.2) is 6.20 Å². The predicted molar refractivity (Wildman–Crippen MR) is 64.3 cm³/mol. The number of hydrogen-bond acceptors (Lipinski definition) is 2. The van der Waals surface area contributed by atoms with Crippen LogP contribution in [0.25, 0.3) is 0 Å². The topological polar surface area (TPSA) is 57.8 Å². The number of nitrogens with zero attached hydrogens (tertiary/aromatic N) is 1. The van der Waals surface area contributed by atoms with Crippen LogP contribution in [-0.2, 0) is 17.8 Å². The number of amides is 1. The third-order valence-corrected chi connectivity index (χ3v) is 3.07. The molecule has 1 amide bonds. The third-order valence-electron chi connectivity index (χ3n) is 2.40. The van der Waals surface area contributed by atoms with Gasteiger partial charge in [-0.15, -0.1) is 11.6 Å². The fourth-order valence-electron chi connectivity index (χ4n) is 1.15. The number of aryl methyl sites for hydroxylation is 1. The molecule has 0 atom stereocenters. The van der Waals surface area contributed by atoms with Crippen LogP contribution in [0.2, 0.25) is 0 Å². The summed E-state index contributed by atoms with van der Waals surface area (Å²) in [5.41, 5.74) is 0.380. The van der Waals surface area contributed by atoms with Crippen LogP contribution in [0.5, 0.6) is 0 Å². The van der Waals surface area contributed by atoms with E-state index in [1.54, 1.807) is 6.20 Å². The summed E-state index contributed by atoms with van der Waals surface area (Å²) in [5, 5.41) is 2.83. The molecule has 0 saturated heterocycles. The molecule has 0 spiro atoms. The van der Waals surface area contributed by atoms with Crippen LogP contribution in [0.4, 0.5) is 0 Å². The van der Waals surface area contributed by atoms with Crippen LogP contribution in [-0.4, -0.2) is 21.8 Å². The number of hydrogen-bond donors (Lipinski definition) is 2. The molecule has 0 bridgehead atoms. The highest BCUT2D eigenvalue weighted by Crippen LogP contribution is 2.16. The molecule has 1 aromatic rings. The van der Waals surface area contributed by atoms with Crippen LogP contribution >= 0.6 is 11.6 Å². The van der Waals surface area contributed by atoms with Gasteiger partial charge in [-0.25, -0.2) is 4.98 Å². The number of halogens is 1. The maximum Gasteiger partial charge on any atom is 0.227 e. The minimum absolute atomic E-state index is 0.0462. The van der Waals surface area contributed by atoms with Crippen molar-refractivity contribution in [2.45, 2.75) is 33.7 Å². The van der Waals surface area contributed by atoms with Gasteiger partial charge in [0.1, 0.15) is 5.82 Å². The maximum absolute atomic E-state index is 11.7. The Bertz CT molecular complexity index is 360. The van der Waals surface area contributed by atoms with Gasteiger partial charge in [0.2, 0.25) is 5.91 Å². The number of aromatic nitrogens is 2. The lowest BCUT2D eigenvalue weighted by atomic mass is 9.95. The van der Waals surface area contributed by atoms with Gasteiger partial charge in [-0.05, 0) is 13.8 Å². The maximum atomic E-state index is 11.7. The van der Waals surface area contributed by atoms with Crippen LogP contribution < -0.4 is 5.32 Å². The zero-order chi connectivity index (χ0) is 12.2. The third kappa shape index (κ3) is 3.23. The van der Waals surface area contributed by atoms with Crippen molar-refractivity contribution >= 4 is 17.5 Å². The van der Waals surface area contributed by atoms with E-state index >= 15 is 0 Å². The monoisotopic (exact) mass is 243 g/mol. The number of carbonyl (C=O) groups is 1. The Balaban J connectivity index is 2.49. The Morgan fingerprint density at radius 1 is 1.62 bits per heavy atom. The summed E-state index contributed by atoms with van der Waals surface area (Å²) >= 11 is 5.72. The van der Waals surface area contributed by atoms with E-state index in [1.165, 1.54) is 0 Å². The smallest absolute Gasteiger partial charge is 0.227 e. The normalized spacial score (nSPS) is 11.5. The molecule has 0 aliphatic heterocycles. The summed E-state index contributed by atoms with van der Waals surface area (Å²) in [6.07, 6.45) is 2.61. The molecule has 5 heteroatoms. The first-order valence-corrected chi connectivity index (χ1v) is 5.90. The number of imidazole rings is 1. The van der Waals surface area contributed by atoms with Gasteiger partial charge in [-0.3, -0.25) is 4.79 Å². The number of rotatable bonds is 5. The lowest BCUT2D eigenvalue weighted by Crippen LogP contribution is -2.37. The van der Waals surface area contributed by atoms with Gasteiger partial charge in [-0.1, -0.05) is 6.92 Å². The molecule has 1 aromatic heterocycles. The first-order chi connectivity index (χ1) is 7.49. The van der Waals surface area contributed by atoms with Crippen molar-refractivity contribution in [3.8, 4) is 0 Å². The van der Waals surface area contributed by atoms with E-state index in [0.717, 1.165) is 17.9 Å². The lowest BCUT2D eigenvalue weighted by Gasteiger charge is -2.19. The van der Waals surface area contributed by atoms with E-state index in [9.17, 15) is 4.79 Å². The van der Waals surface area contributed by atoms with E-state index in [1.807, 2.05) is 20.8 Å². The summed E-state index contributed by atoms with van der Waals surface area (Å²) in [6, 6.07) is 0. The van der Waals surface area contributed by atoms with E-state index < -0.39 is 5.41 Å². The highest BCUT2D eigenvalue weighted by Gasteiger charge is 2.26. The molecule has 1 heterocycles. The summed E-state index contributed by atoms with van der Waals surface area (Å²) < 4.78 is 0. The average molecular weight is 244 g/mol. The largest absolute Gasteiger partial charge is 0.350 e. The molecule has 0 aliphatic rings. The van der Waals surface area contributed by atoms with Gasteiger partial charge in [0.05, 0.1) is 23.9 Å². The van der Waals surface area contributed by atoms with Gasteiger partial charge < -0.3 is 10.3 Å². The number of nitrogens with one attached hydrogen (secondary N) is 2. The molecular formula is C11H18ClN3O. The molecule has 0 aromatic carbocycles. The van der Waals surface area contributed by atoms with E-state index in [2.05, 4.69) is 15.3 Å². The SMILES string of the molecule is CCc1ncc(CNC(=O)C(C)(C)CCl)[nH]1. The van der Waals surface area contributed by atoms with Gasteiger partial charge in [-0.2, -0.15) is 0 Å². The number of carbonyl (C=O) groups excluding carboxylic acids is 1. The molecule has 0 saturated carbocycles. The Hall–Kier alpha value is -1.03. The Morgan fingerprint density at radius 3 is 2.81 bits per heavy atom. The number of aromatic amines is 1. The molecular weight excluding hydrogens is 226 g/mol. The summed E-state index contributed by atoms with van der Waals surface area (Å²) in [6.45, 7) is 6.13. The zero-order valence-electron chi connectivity index (χ0n) is 9.93. The second-order valence-corrected chi connectivity index (χ2v) is 4.68. The molecule has 90 valence electrons. The standard InChI is InChI=1S/C11H18ClN3O/c1-4-9-13-5-8(15-9)6-14-10(16)11(2,3)7-12/h5H,4,6-7H2,1-3H3,(H,13,15)(H,14,16). The molecule has 0 fully saturated rings. The summed E-state index contributed by atoms with van der Waals surface area (Å²) in [4.78, 5) is 19.0. The van der Waals surface area contributed by atoms with Gasteiger partial charge >= 0.3 is 0 Å². The quantitative estimate of drug-likeness (QED) is 0.776. The highest BCUT2D eigenvalue weighted by molar-refractivity contribution is 6.19. The molecule has 0 radical (unpaired) electrons. The van der Waals surface area contributed by atoms with Crippen LogP contribution in [0, 0.1) is 5.41 Å². The fraction of sp³-hybridized carbons (Fsp3) is 0.636. The van der Waals surface area contributed by atoms with Gasteiger partial charge in [0.25, 0.3) is 0 Å². The second-order valence-electron chi connectivity index (χ2n) is 4.41. The van der Waals surface area contributed by atoms with Crippen molar-refractivity contribution in [1.82, 2.24) is 15.3 Å². The van der Waals surface area contributed by atoms with Crippen molar-refractivity contribution in [2.24, 2.45) is 5.41 Å². The van der Waals surface area contributed by atoms with Crippen molar-refractivity contribution in [3.05, 3.63) is 17.7 Å². The van der Waals surface area contributed by atoms with Crippen molar-refractivity contribution < 1.29 is 4.79 Å².